The number of nitrogens with zero attached hydrogens (tertiary/aromatic N) is 3. The smallest absolute Gasteiger partial charge is 0.325 e. The number of amides is 3. The maximum absolute atomic E-state index is 13.5. The summed E-state index contributed by atoms with van der Waals surface area (Å²) in [5.74, 6) is 1.19. The molecule has 0 aliphatic carbocycles. The number of hydrogen-bond acceptors (Lipinski definition) is 5. The highest BCUT2D eigenvalue weighted by atomic mass is 35.5. The Balaban J connectivity index is 1.22. The molecule has 0 radical (unpaired) electrons. The Labute approximate surface area is 226 Å². The van der Waals surface area contributed by atoms with Crippen LogP contribution >= 0.6 is 11.6 Å². The van der Waals surface area contributed by atoms with Crippen LogP contribution in [-0.4, -0.2) is 55.9 Å². The van der Waals surface area contributed by atoms with E-state index in [-0.39, 0.29) is 18.0 Å². The van der Waals surface area contributed by atoms with Crippen molar-refractivity contribution in [1.82, 2.24) is 10.2 Å². The molecule has 3 aliphatic heterocycles. The van der Waals surface area contributed by atoms with Gasteiger partial charge in [0.15, 0.2) is 17.2 Å². The first-order valence-electron chi connectivity index (χ1n) is 12.7. The Bertz CT molecular complexity index is 1410. The van der Waals surface area contributed by atoms with Crippen molar-refractivity contribution in [2.45, 2.75) is 25.1 Å². The van der Waals surface area contributed by atoms with Crippen LogP contribution in [0.4, 0.5) is 16.2 Å². The van der Waals surface area contributed by atoms with Gasteiger partial charge in [0.1, 0.15) is 0 Å². The normalized spacial score (nSPS) is 22.3. The summed E-state index contributed by atoms with van der Waals surface area (Å²) in [6.07, 6.45) is 0.558. The second-order valence-corrected chi connectivity index (χ2v) is 10.4. The number of rotatable bonds is 4. The SMILES string of the molecule is COc1cccc2c1OC1(C)CC2NC(=O)N1c1cccc(C(=O)N2CCN(c3cccc(Cl)c3)CC2)c1. The molecular weight excluding hydrogens is 504 g/mol. The number of halogens is 1. The van der Waals surface area contributed by atoms with Crippen molar-refractivity contribution in [3.8, 4) is 11.5 Å². The number of piperazine rings is 1. The van der Waals surface area contributed by atoms with Gasteiger partial charge in [0.2, 0.25) is 0 Å². The van der Waals surface area contributed by atoms with Crippen LogP contribution in [0.3, 0.4) is 0 Å². The number of methoxy groups -OCH3 is 1. The number of anilines is 2. The van der Waals surface area contributed by atoms with Gasteiger partial charge in [0.05, 0.1) is 18.8 Å². The molecule has 38 heavy (non-hydrogen) atoms. The summed E-state index contributed by atoms with van der Waals surface area (Å²) in [5.41, 5.74) is 2.14. The molecule has 2 atom stereocenters. The lowest BCUT2D eigenvalue weighted by Crippen LogP contribution is -2.65. The Hall–Kier alpha value is -3.91. The molecule has 3 amide bonds. The third-order valence-corrected chi connectivity index (χ3v) is 7.81. The molecule has 196 valence electrons. The van der Waals surface area contributed by atoms with E-state index in [0.29, 0.717) is 47.3 Å². The number of ether oxygens (including phenoxy) is 2. The van der Waals surface area contributed by atoms with E-state index in [0.717, 1.165) is 24.3 Å². The van der Waals surface area contributed by atoms with Crippen LogP contribution in [0.25, 0.3) is 0 Å². The predicted molar refractivity (Wildman–Crippen MR) is 146 cm³/mol. The maximum atomic E-state index is 13.5. The molecule has 2 fully saturated rings. The van der Waals surface area contributed by atoms with Gasteiger partial charge in [0.25, 0.3) is 5.91 Å². The van der Waals surface area contributed by atoms with Crippen LogP contribution in [-0.2, 0) is 0 Å². The molecule has 3 heterocycles. The first-order chi connectivity index (χ1) is 18.4. The molecule has 1 N–H and O–H groups in total. The fraction of sp³-hybridized carbons (Fsp3) is 0.310. The Morgan fingerprint density at radius 2 is 1.76 bits per heavy atom. The molecular formula is C29H29ClN4O4. The number of para-hydroxylation sites is 1. The molecule has 2 unspecified atom stereocenters. The molecule has 3 aromatic rings. The molecule has 0 aromatic heterocycles. The first-order valence-corrected chi connectivity index (χ1v) is 13.1. The van der Waals surface area contributed by atoms with E-state index in [1.165, 1.54) is 0 Å². The average Bonchev–Trinajstić information content (AvgIpc) is 2.92. The second-order valence-electron chi connectivity index (χ2n) is 10.0. The molecule has 2 saturated heterocycles. The zero-order chi connectivity index (χ0) is 26.4. The highest BCUT2D eigenvalue weighted by molar-refractivity contribution is 6.30. The fourth-order valence-electron chi connectivity index (χ4n) is 5.71. The van der Waals surface area contributed by atoms with Gasteiger partial charge < -0.3 is 24.6 Å². The van der Waals surface area contributed by atoms with Crippen LogP contribution in [0.15, 0.2) is 66.7 Å². The minimum atomic E-state index is -0.946. The minimum absolute atomic E-state index is 0.0605. The number of hydrogen-bond donors (Lipinski definition) is 1. The zero-order valence-electron chi connectivity index (χ0n) is 21.3. The fourth-order valence-corrected chi connectivity index (χ4v) is 5.90. The van der Waals surface area contributed by atoms with Gasteiger partial charge >= 0.3 is 6.03 Å². The summed E-state index contributed by atoms with van der Waals surface area (Å²) in [5, 5.41) is 3.80. The predicted octanol–water partition coefficient (Wildman–Crippen LogP) is 5.08. The van der Waals surface area contributed by atoms with E-state index >= 15 is 0 Å². The summed E-state index contributed by atoms with van der Waals surface area (Å²) in [7, 11) is 1.60. The van der Waals surface area contributed by atoms with Gasteiger partial charge in [-0.25, -0.2) is 4.79 Å². The van der Waals surface area contributed by atoms with Crippen LogP contribution < -0.4 is 24.6 Å². The molecule has 8 nitrogen and oxygen atoms in total. The molecule has 3 aromatic carbocycles. The third-order valence-electron chi connectivity index (χ3n) is 7.57. The van der Waals surface area contributed by atoms with E-state index in [4.69, 9.17) is 21.1 Å². The molecule has 2 bridgehead atoms. The summed E-state index contributed by atoms with van der Waals surface area (Å²) >= 11 is 6.16. The van der Waals surface area contributed by atoms with Crippen molar-refractivity contribution in [2.24, 2.45) is 0 Å². The van der Waals surface area contributed by atoms with Crippen molar-refractivity contribution >= 4 is 34.9 Å². The topological polar surface area (TPSA) is 74.3 Å². The number of carbonyl (C=O) groups is 2. The number of urea groups is 1. The summed E-state index contributed by atoms with van der Waals surface area (Å²) in [4.78, 5) is 32.5. The van der Waals surface area contributed by atoms with Crippen molar-refractivity contribution < 1.29 is 19.1 Å². The van der Waals surface area contributed by atoms with Gasteiger partial charge in [-0.1, -0.05) is 35.9 Å². The van der Waals surface area contributed by atoms with Crippen molar-refractivity contribution in [3.63, 3.8) is 0 Å². The van der Waals surface area contributed by atoms with E-state index in [1.54, 1.807) is 24.1 Å². The Morgan fingerprint density at radius 3 is 2.53 bits per heavy atom. The molecule has 9 heteroatoms. The number of nitrogens with one attached hydrogen (secondary N) is 1. The molecule has 6 rings (SSSR count). The summed E-state index contributed by atoms with van der Waals surface area (Å²) in [6, 6.07) is 20.2. The van der Waals surface area contributed by atoms with E-state index in [2.05, 4.69) is 10.2 Å². The second kappa shape index (κ2) is 9.44. The lowest BCUT2D eigenvalue weighted by atomic mass is 9.89. The standard InChI is InChI=1S/C29H29ClN4O4/c1-29-18-24(23-10-5-11-25(37-2)26(23)38-29)31-28(36)34(29)22-9-3-6-19(16-22)27(35)33-14-12-32(13-15-33)21-8-4-7-20(30)17-21/h3-11,16-17,24H,12-15,18H2,1-2H3,(H,31,36). The number of fused-ring (bicyclic) bond motifs is 4. The number of benzene rings is 3. The quantitative estimate of drug-likeness (QED) is 0.507. The monoisotopic (exact) mass is 532 g/mol. The van der Waals surface area contributed by atoms with Crippen LogP contribution in [0.2, 0.25) is 5.02 Å². The molecule has 0 saturated carbocycles. The van der Waals surface area contributed by atoms with Crippen LogP contribution in [0.5, 0.6) is 11.5 Å². The van der Waals surface area contributed by atoms with Gasteiger partial charge in [0, 0.05) is 54.4 Å². The van der Waals surface area contributed by atoms with Crippen LogP contribution in [0, 0.1) is 0 Å². The van der Waals surface area contributed by atoms with Gasteiger partial charge in [-0.15, -0.1) is 0 Å². The van der Waals surface area contributed by atoms with Crippen LogP contribution in [0.1, 0.15) is 35.3 Å². The van der Waals surface area contributed by atoms with Gasteiger partial charge in [-0.05, 0) is 49.4 Å². The largest absolute Gasteiger partial charge is 0.493 e. The molecule has 0 spiro atoms. The average molecular weight is 533 g/mol. The third kappa shape index (κ3) is 4.19. The summed E-state index contributed by atoms with van der Waals surface area (Å²) < 4.78 is 12.0. The van der Waals surface area contributed by atoms with E-state index in [9.17, 15) is 9.59 Å². The first kappa shape index (κ1) is 24.4. The van der Waals surface area contributed by atoms with Gasteiger partial charge in [-0.2, -0.15) is 0 Å². The lowest BCUT2D eigenvalue weighted by Gasteiger charge is -2.50. The van der Waals surface area contributed by atoms with Crippen molar-refractivity contribution in [2.75, 3.05) is 43.1 Å². The maximum Gasteiger partial charge on any atom is 0.325 e. The highest BCUT2D eigenvalue weighted by Gasteiger charge is 2.50. The molecule has 3 aliphatic rings. The Morgan fingerprint density at radius 1 is 1.03 bits per heavy atom. The minimum Gasteiger partial charge on any atom is -0.493 e. The zero-order valence-corrected chi connectivity index (χ0v) is 22.1. The number of carbonyl (C=O) groups excluding carboxylic acids is 2. The van der Waals surface area contributed by atoms with E-state index in [1.807, 2.05) is 66.4 Å². The Kier molecular flexibility index (Phi) is 6.07. The summed E-state index contributed by atoms with van der Waals surface area (Å²) in [6.45, 7) is 4.53. The van der Waals surface area contributed by atoms with Crippen molar-refractivity contribution in [1.29, 1.82) is 0 Å². The highest BCUT2D eigenvalue weighted by Crippen LogP contribution is 2.49. The van der Waals surface area contributed by atoms with Gasteiger partial charge in [-0.3, -0.25) is 9.69 Å². The lowest BCUT2D eigenvalue weighted by molar-refractivity contribution is 0.0349. The van der Waals surface area contributed by atoms with Crippen molar-refractivity contribution in [3.05, 3.63) is 82.9 Å². The van der Waals surface area contributed by atoms with E-state index < -0.39 is 5.72 Å².